The van der Waals surface area contributed by atoms with Crippen molar-refractivity contribution in [1.82, 2.24) is 0 Å². The van der Waals surface area contributed by atoms with E-state index in [0.29, 0.717) is 6.23 Å². The third-order valence-electron chi connectivity index (χ3n) is 2.87. The number of hydrogen-bond donors (Lipinski definition) is 1. The van der Waals surface area contributed by atoms with Crippen LogP contribution in [0.5, 0.6) is 0 Å². The molecule has 0 aromatic carbocycles. The van der Waals surface area contributed by atoms with Crippen LogP contribution in [0.2, 0.25) is 37.3 Å². The molecule has 0 aliphatic heterocycles. The van der Waals surface area contributed by atoms with E-state index in [-0.39, 0.29) is 19.0 Å². The molecule has 0 atom stereocenters. The highest BCUT2D eigenvalue weighted by molar-refractivity contribution is 6.78. The fourth-order valence-corrected chi connectivity index (χ4v) is 12.5. The highest BCUT2D eigenvalue weighted by atomic mass is 28.3. The molecule has 90 valence electrons. The molecule has 0 aliphatic rings. The van der Waals surface area contributed by atoms with E-state index in [9.17, 15) is 0 Å². The minimum Gasteiger partial charge on any atom is -0.400 e. The Labute approximate surface area is 101 Å². The highest BCUT2D eigenvalue weighted by Crippen LogP contribution is 2.19. The maximum Gasteiger partial charge on any atom is 0.0510 e. The van der Waals surface area contributed by atoms with Crippen molar-refractivity contribution in [1.29, 1.82) is 0 Å². The van der Waals surface area contributed by atoms with Crippen LogP contribution in [0.3, 0.4) is 0 Å². The van der Waals surface area contributed by atoms with Crippen LogP contribution in [0.25, 0.3) is 0 Å². The van der Waals surface area contributed by atoms with Gasteiger partial charge in [0.25, 0.3) is 0 Å². The summed E-state index contributed by atoms with van der Waals surface area (Å²) in [6.45, 7) is 9.47. The van der Waals surface area contributed by atoms with Gasteiger partial charge in [-0.1, -0.05) is 42.8 Å². The number of hydrogen-bond acceptors (Lipinski definition) is 1. The molecular formula is C11H28OSi3. The van der Waals surface area contributed by atoms with Gasteiger partial charge in [0.05, 0.1) is 9.52 Å². The molecule has 1 N–H and O–H groups in total. The van der Waals surface area contributed by atoms with Gasteiger partial charge in [0.1, 0.15) is 0 Å². The van der Waals surface area contributed by atoms with E-state index < -0.39 is 8.07 Å². The topological polar surface area (TPSA) is 20.2 Å². The fraction of sp³-hybridized carbons (Fsp3) is 0.818. The zero-order valence-corrected chi connectivity index (χ0v) is 14.8. The first-order chi connectivity index (χ1) is 6.98. The predicted molar refractivity (Wildman–Crippen MR) is 80.3 cm³/mol. The van der Waals surface area contributed by atoms with Gasteiger partial charge in [0.15, 0.2) is 0 Å². The summed E-state index contributed by atoms with van der Waals surface area (Å²) in [5.74, 6) is 0. The lowest BCUT2D eigenvalue weighted by Crippen LogP contribution is -2.25. The van der Waals surface area contributed by atoms with Crippen LogP contribution in [0, 0.1) is 0 Å². The summed E-state index contributed by atoms with van der Waals surface area (Å²) in [7, 11) is -0.903. The molecule has 0 amide bonds. The Kier molecular flexibility index (Phi) is 8.70. The number of aliphatic hydroxyl groups is 1. The Morgan fingerprint density at radius 2 is 1.80 bits per heavy atom. The second kappa shape index (κ2) is 8.50. The molecule has 0 spiro atoms. The zero-order valence-electron chi connectivity index (χ0n) is 11.0. The van der Waals surface area contributed by atoms with Gasteiger partial charge in [0.2, 0.25) is 0 Å². The summed E-state index contributed by atoms with van der Waals surface area (Å²) in [5, 5.41) is 8.81. The van der Waals surface area contributed by atoms with E-state index in [1.165, 1.54) is 29.7 Å². The molecule has 0 heterocycles. The molecule has 0 rings (SSSR count). The van der Waals surface area contributed by atoms with Crippen LogP contribution in [0.1, 0.15) is 13.8 Å². The minimum atomic E-state index is -0.883. The fourth-order valence-electron chi connectivity index (χ4n) is 1.81. The van der Waals surface area contributed by atoms with E-state index in [4.69, 9.17) is 5.11 Å². The summed E-state index contributed by atoms with van der Waals surface area (Å²) >= 11 is 0. The van der Waals surface area contributed by atoms with Gasteiger partial charge in [-0.2, -0.15) is 0 Å². The van der Waals surface area contributed by atoms with Crippen LogP contribution < -0.4 is 0 Å². The average Bonchev–Trinajstić information content (AvgIpc) is 2.13. The lowest BCUT2D eigenvalue weighted by molar-refractivity contribution is 0.365. The normalized spacial score (nSPS) is 13.1. The van der Waals surface area contributed by atoms with Gasteiger partial charge in [-0.05, 0) is 13.8 Å². The van der Waals surface area contributed by atoms with Crippen molar-refractivity contribution in [3.05, 3.63) is 11.3 Å². The first kappa shape index (κ1) is 15.4. The molecule has 15 heavy (non-hydrogen) atoms. The molecule has 1 nitrogen and oxygen atoms in total. The molecule has 0 radical (unpaired) electrons. The summed E-state index contributed by atoms with van der Waals surface area (Å²) in [6.07, 6.45) is 0.511. The van der Waals surface area contributed by atoms with Crippen LogP contribution in [0.15, 0.2) is 11.3 Å². The van der Waals surface area contributed by atoms with Gasteiger partial charge in [-0.25, -0.2) is 0 Å². The van der Waals surface area contributed by atoms with Crippen molar-refractivity contribution >= 4 is 27.1 Å². The van der Waals surface area contributed by atoms with Crippen molar-refractivity contribution < 1.29 is 5.11 Å². The van der Waals surface area contributed by atoms with Crippen molar-refractivity contribution in [2.24, 2.45) is 0 Å². The van der Waals surface area contributed by atoms with E-state index in [0.717, 1.165) is 0 Å². The summed E-state index contributed by atoms with van der Waals surface area (Å²) in [4.78, 5) is 0. The van der Waals surface area contributed by atoms with Crippen LogP contribution in [-0.4, -0.2) is 38.4 Å². The smallest absolute Gasteiger partial charge is 0.0510 e. The predicted octanol–water partition coefficient (Wildman–Crippen LogP) is 1.74. The molecule has 0 saturated carbocycles. The molecule has 0 aromatic heterocycles. The molecule has 0 fully saturated rings. The van der Waals surface area contributed by atoms with Gasteiger partial charge in [-0.3, -0.25) is 0 Å². The van der Waals surface area contributed by atoms with E-state index >= 15 is 0 Å². The summed E-state index contributed by atoms with van der Waals surface area (Å²) in [5.41, 5.74) is 4.00. The lowest BCUT2D eigenvalue weighted by Gasteiger charge is -2.21. The standard InChI is InChI=1S/C11H28OSi3/c1-11(2)9-13-5-7-15(3,4)8-6-14-10-12/h9,12H,5-8,10,13-14H2,1-4H3. The maximum absolute atomic E-state index is 8.81. The minimum absolute atomic E-state index is 0.0902. The number of allylic oxidation sites excluding steroid dienone is 1. The Morgan fingerprint density at radius 3 is 2.33 bits per heavy atom. The van der Waals surface area contributed by atoms with Gasteiger partial charge in [0, 0.05) is 23.8 Å². The molecule has 0 saturated heterocycles. The summed E-state index contributed by atoms with van der Waals surface area (Å²) < 4.78 is 0. The average molecular weight is 261 g/mol. The second-order valence-corrected chi connectivity index (χ2v) is 14.4. The first-order valence-corrected chi connectivity index (χ1v) is 13.5. The maximum atomic E-state index is 8.81. The molecule has 0 bridgehead atoms. The quantitative estimate of drug-likeness (QED) is 0.521. The molecule has 0 aliphatic carbocycles. The molecule has 4 heteroatoms. The SMILES string of the molecule is CC(C)=C[SiH2]CC[Si](C)(C)CC[SiH2]CO. The molecule has 0 unspecified atom stereocenters. The van der Waals surface area contributed by atoms with Crippen LogP contribution >= 0.6 is 0 Å². The second-order valence-electron chi connectivity index (χ2n) is 5.52. The molecule has 0 aromatic rings. The third-order valence-corrected chi connectivity index (χ3v) is 10.7. The van der Waals surface area contributed by atoms with Gasteiger partial charge < -0.3 is 5.11 Å². The van der Waals surface area contributed by atoms with Crippen molar-refractivity contribution in [2.45, 2.75) is 51.1 Å². The largest absolute Gasteiger partial charge is 0.400 e. The van der Waals surface area contributed by atoms with Gasteiger partial charge >= 0.3 is 0 Å². The van der Waals surface area contributed by atoms with Crippen LogP contribution in [-0.2, 0) is 0 Å². The number of aliphatic hydroxyl groups excluding tert-OH is 1. The van der Waals surface area contributed by atoms with Crippen LogP contribution in [0.4, 0.5) is 0 Å². The lowest BCUT2D eigenvalue weighted by atomic mass is 10.4. The monoisotopic (exact) mass is 260 g/mol. The Balaban J connectivity index is 3.59. The van der Waals surface area contributed by atoms with Crippen molar-refractivity contribution in [3.63, 3.8) is 0 Å². The third kappa shape index (κ3) is 10.6. The van der Waals surface area contributed by atoms with E-state index in [2.05, 4.69) is 32.6 Å². The zero-order chi connectivity index (χ0) is 11.7. The molecular weight excluding hydrogens is 232 g/mol. The highest BCUT2D eigenvalue weighted by Gasteiger charge is 2.18. The Hall–Kier alpha value is 0.351. The van der Waals surface area contributed by atoms with E-state index in [1.807, 2.05) is 0 Å². The Bertz CT molecular complexity index is 186. The Morgan fingerprint density at radius 1 is 1.20 bits per heavy atom. The van der Waals surface area contributed by atoms with Gasteiger partial charge in [-0.15, -0.1) is 5.70 Å². The van der Waals surface area contributed by atoms with Crippen molar-refractivity contribution in [2.75, 3.05) is 6.23 Å². The first-order valence-electron chi connectivity index (χ1n) is 6.22. The summed E-state index contributed by atoms with van der Waals surface area (Å²) in [6, 6.07) is 5.86. The number of rotatable bonds is 8. The van der Waals surface area contributed by atoms with E-state index in [1.54, 1.807) is 0 Å². The van der Waals surface area contributed by atoms with Crippen molar-refractivity contribution in [3.8, 4) is 0 Å².